The summed E-state index contributed by atoms with van der Waals surface area (Å²) >= 11 is 0. The van der Waals surface area contributed by atoms with Crippen LogP contribution in [0.25, 0.3) is 0 Å². The number of carboxylic acids is 1. The van der Waals surface area contributed by atoms with Gasteiger partial charge in [0.2, 0.25) is 11.6 Å². The lowest BCUT2D eigenvalue weighted by Gasteiger charge is -2.01. The number of aromatic carboxylic acids is 1. The number of carbonyl (C=O) groups excluding carboxylic acids is 1. The molecule has 0 radical (unpaired) electrons. The molecule has 0 aliphatic carbocycles. The number of hydrogen-bond donors (Lipinski definition) is 2. The van der Waals surface area contributed by atoms with Gasteiger partial charge in [-0.25, -0.2) is 4.79 Å². The standard InChI is InChI=1S/C13H8N2O4/c14-7-8-2-1-3-9(6-8)12(16)15-11-5-4-10(19-11)13(17)18/h1-6H,(H,15,16)(H,17,18). The van der Waals surface area contributed by atoms with Crippen molar-refractivity contribution in [3.05, 3.63) is 53.3 Å². The molecule has 0 unspecified atom stereocenters. The monoisotopic (exact) mass is 256 g/mol. The Kier molecular flexibility index (Phi) is 3.30. The molecule has 0 aliphatic heterocycles. The molecule has 6 heteroatoms. The highest BCUT2D eigenvalue weighted by molar-refractivity contribution is 6.04. The Morgan fingerprint density at radius 3 is 2.68 bits per heavy atom. The first-order valence-electron chi connectivity index (χ1n) is 5.25. The molecule has 0 saturated carbocycles. The van der Waals surface area contributed by atoms with Gasteiger partial charge in [-0.2, -0.15) is 5.26 Å². The van der Waals surface area contributed by atoms with Crippen molar-refractivity contribution < 1.29 is 19.1 Å². The zero-order chi connectivity index (χ0) is 13.8. The molecular formula is C13H8N2O4. The SMILES string of the molecule is N#Cc1cccc(C(=O)Nc2ccc(C(=O)O)o2)c1. The fourth-order valence-electron chi connectivity index (χ4n) is 1.43. The van der Waals surface area contributed by atoms with Crippen molar-refractivity contribution in [2.75, 3.05) is 5.32 Å². The third kappa shape index (κ3) is 2.79. The van der Waals surface area contributed by atoms with E-state index in [-0.39, 0.29) is 17.2 Å². The molecule has 2 N–H and O–H groups in total. The minimum Gasteiger partial charge on any atom is -0.475 e. The van der Waals surface area contributed by atoms with Crippen LogP contribution in [0.2, 0.25) is 0 Å². The zero-order valence-electron chi connectivity index (χ0n) is 9.58. The molecule has 0 saturated heterocycles. The Hall–Kier alpha value is -3.07. The minimum absolute atomic E-state index is 0.0322. The molecule has 19 heavy (non-hydrogen) atoms. The van der Waals surface area contributed by atoms with E-state index in [1.165, 1.54) is 24.3 Å². The number of amides is 1. The summed E-state index contributed by atoms with van der Waals surface area (Å²) in [5, 5.41) is 19.8. The molecule has 6 nitrogen and oxygen atoms in total. The van der Waals surface area contributed by atoms with Gasteiger partial charge >= 0.3 is 5.97 Å². The van der Waals surface area contributed by atoms with Gasteiger partial charge in [-0.1, -0.05) is 6.07 Å². The van der Waals surface area contributed by atoms with Crippen molar-refractivity contribution in [2.45, 2.75) is 0 Å². The number of anilines is 1. The van der Waals surface area contributed by atoms with E-state index in [1.807, 2.05) is 6.07 Å². The summed E-state index contributed by atoms with van der Waals surface area (Å²) in [5.74, 6) is -1.93. The van der Waals surface area contributed by atoms with E-state index < -0.39 is 11.9 Å². The number of carboxylic acid groups (broad SMARTS) is 1. The van der Waals surface area contributed by atoms with Gasteiger partial charge in [0.15, 0.2) is 0 Å². The molecule has 0 spiro atoms. The zero-order valence-corrected chi connectivity index (χ0v) is 9.58. The van der Waals surface area contributed by atoms with Gasteiger partial charge in [0, 0.05) is 11.6 Å². The molecule has 1 amide bonds. The van der Waals surface area contributed by atoms with Crippen LogP contribution >= 0.6 is 0 Å². The molecule has 0 aliphatic rings. The first-order valence-corrected chi connectivity index (χ1v) is 5.25. The van der Waals surface area contributed by atoms with Crippen molar-refractivity contribution in [3.8, 4) is 6.07 Å². The van der Waals surface area contributed by atoms with E-state index in [0.717, 1.165) is 0 Å². The van der Waals surface area contributed by atoms with Crippen LogP contribution in [0.5, 0.6) is 0 Å². The Bertz CT molecular complexity index is 682. The molecule has 0 bridgehead atoms. The van der Waals surface area contributed by atoms with Gasteiger partial charge in [0.05, 0.1) is 11.6 Å². The summed E-state index contributed by atoms with van der Waals surface area (Å²) in [6, 6.07) is 10.6. The van der Waals surface area contributed by atoms with E-state index in [0.29, 0.717) is 5.56 Å². The third-order valence-corrected chi connectivity index (χ3v) is 2.31. The topological polar surface area (TPSA) is 103 Å². The summed E-state index contributed by atoms with van der Waals surface area (Å²) in [6.45, 7) is 0. The van der Waals surface area contributed by atoms with Gasteiger partial charge in [-0.15, -0.1) is 0 Å². The fraction of sp³-hybridized carbons (Fsp3) is 0. The predicted molar refractivity (Wildman–Crippen MR) is 64.8 cm³/mol. The minimum atomic E-state index is -1.22. The van der Waals surface area contributed by atoms with Crippen LogP contribution in [0.4, 0.5) is 5.88 Å². The van der Waals surface area contributed by atoms with Crippen LogP contribution in [0, 0.1) is 11.3 Å². The second-order valence-corrected chi connectivity index (χ2v) is 3.62. The Morgan fingerprint density at radius 1 is 1.26 bits per heavy atom. The molecule has 1 aromatic heterocycles. The summed E-state index contributed by atoms with van der Waals surface area (Å²) in [4.78, 5) is 22.4. The average Bonchev–Trinajstić information content (AvgIpc) is 2.87. The lowest BCUT2D eigenvalue weighted by molar-refractivity contribution is 0.0662. The van der Waals surface area contributed by atoms with E-state index in [4.69, 9.17) is 14.8 Å². The Balaban J connectivity index is 2.16. The van der Waals surface area contributed by atoms with Gasteiger partial charge in [-0.05, 0) is 24.3 Å². The van der Waals surface area contributed by atoms with Gasteiger partial charge in [-0.3, -0.25) is 10.1 Å². The van der Waals surface area contributed by atoms with E-state index in [1.54, 1.807) is 12.1 Å². The highest BCUT2D eigenvalue weighted by Crippen LogP contribution is 2.15. The van der Waals surface area contributed by atoms with Crippen LogP contribution in [-0.4, -0.2) is 17.0 Å². The van der Waals surface area contributed by atoms with E-state index in [2.05, 4.69) is 5.32 Å². The van der Waals surface area contributed by atoms with E-state index in [9.17, 15) is 9.59 Å². The lowest BCUT2D eigenvalue weighted by Crippen LogP contribution is -2.11. The largest absolute Gasteiger partial charge is 0.475 e. The number of carbonyl (C=O) groups is 2. The number of hydrogen-bond acceptors (Lipinski definition) is 4. The second kappa shape index (κ2) is 5.06. The number of benzene rings is 1. The normalized spacial score (nSPS) is 9.63. The lowest BCUT2D eigenvalue weighted by atomic mass is 10.1. The van der Waals surface area contributed by atoms with Crippen LogP contribution in [0.1, 0.15) is 26.5 Å². The smallest absolute Gasteiger partial charge is 0.371 e. The van der Waals surface area contributed by atoms with Crippen molar-refractivity contribution >= 4 is 17.8 Å². The first-order chi connectivity index (χ1) is 9.10. The molecule has 2 rings (SSSR count). The van der Waals surface area contributed by atoms with Crippen molar-refractivity contribution in [1.29, 1.82) is 5.26 Å². The number of nitrogens with one attached hydrogen (secondary N) is 1. The molecule has 1 heterocycles. The number of rotatable bonds is 3. The molecule has 2 aromatic rings. The highest BCUT2D eigenvalue weighted by atomic mass is 16.4. The summed E-state index contributed by atoms with van der Waals surface area (Å²) < 4.78 is 4.90. The number of nitriles is 1. The van der Waals surface area contributed by atoms with Crippen LogP contribution in [0.3, 0.4) is 0 Å². The van der Waals surface area contributed by atoms with Crippen molar-refractivity contribution in [2.24, 2.45) is 0 Å². The van der Waals surface area contributed by atoms with Gasteiger partial charge in [0.25, 0.3) is 5.91 Å². The maximum absolute atomic E-state index is 11.8. The number of furan rings is 1. The molecular weight excluding hydrogens is 248 g/mol. The third-order valence-electron chi connectivity index (χ3n) is 2.31. The molecule has 0 fully saturated rings. The van der Waals surface area contributed by atoms with Crippen LogP contribution in [-0.2, 0) is 0 Å². The Labute approximate surface area is 107 Å². The second-order valence-electron chi connectivity index (χ2n) is 3.62. The highest BCUT2D eigenvalue weighted by Gasteiger charge is 2.12. The van der Waals surface area contributed by atoms with Gasteiger partial charge in [0.1, 0.15) is 0 Å². The van der Waals surface area contributed by atoms with Crippen LogP contribution < -0.4 is 5.32 Å². The predicted octanol–water partition coefficient (Wildman–Crippen LogP) is 2.10. The van der Waals surface area contributed by atoms with Gasteiger partial charge < -0.3 is 9.52 Å². The maximum atomic E-state index is 11.8. The van der Waals surface area contributed by atoms with E-state index >= 15 is 0 Å². The maximum Gasteiger partial charge on any atom is 0.371 e. The molecule has 1 aromatic carbocycles. The molecule has 0 atom stereocenters. The Morgan fingerprint density at radius 2 is 2.05 bits per heavy atom. The molecule has 94 valence electrons. The summed E-state index contributed by atoms with van der Waals surface area (Å²) in [6.07, 6.45) is 0. The quantitative estimate of drug-likeness (QED) is 0.875. The summed E-state index contributed by atoms with van der Waals surface area (Å²) in [5.41, 5.74) is 0.644. The summed E-state index contributed by atoms with van der Waals surface area (Å²) in [7, 11) is 0. The van der Waals surface area contributed by atoms with Crippen LogP contribution in [0.15, 0.2) is 40.8 Å². The van der Waals surface area contributed by atoms with Crippen molar-refractivity contribution in [1.82, 2.24) is 0 Å². The van der Waals surface area contributed by atoms with Crippen molar-refractivity contribution in [3.63, 3.8) is 0 Å². The average molecular weight is 256 g/mol. The number of nitrogens with zero attached hydrogens (tertiary/aromatic N) is 1. The fourth-order valence-corrected chi connectivity index (χ4v) is 1.43. The first kappa shape index (κ1) is 12.4.